The average molecular weight is 260 g/mol. The van der Waals surface area contributed by atoms with Gasteiger partial charge in [0, 0.05) is 16.1 Å². The van der Waals surface area contributed by atoms with Crippen molar-refractivity contribution in [2.45, 2.75) is 38.6 Å². The summed E-state index contributed by atoms with van der Waals surface area (Å²) in [5.41, 5.74) is 1.13. The van der Waals surface area contributed by atoms with Crippen LogP contribution in [0.3, 0.4) is 0 Å². The molecule has 0 aliphatic rings. The number of rotatable bonds is 6. The van der Waals surface area contributed by atoms with Gasteiger partial charge in [-0.3, -0.25) is 0 Å². The summed E-state index contributed by atoms with van der Waals surface area (Å²) in [7, 11) is 2.00. The molecular formula is C13H19Cl2N. The molecule has 1 aromatic rings. The molecule has 0 saturated carbocycles. The molecule has 0 heterocycles. The second-order valence-corrected chi connectivity index (χ2v) is 4.91. The molecule has 0 aliphatic heterocycles. The Bertz CT molecular complexity index is 326. The minimum atomic E-state index is 0.482. The number of unbranched alkanes of at least 4 members (excludes halogenated alkanes) is 1. The Hall–Kier alpha value is -0.240. The Kier molecular flexibility index (Phi) is 6.18. The maximum Gasteiger partial charge on any atom is 0.0439 e. The highest BCUT2D eigenvalue weighted by Gasteiger charge is 2.09. The van der Waals surface area contributed by atoms with E-state index in [9.17, 15) is 0 Å². The molecule has 3 heteroatoms. The number of nitrogens with one attached hydrogen (secondary N) is 1. The van der Waals surface area contributed by atoms with E-state index in [4.69, 9.17) is 23.2 Å². The zero-order valence-corrected chi connectivity index (χ0v) is 11.4. The molecular weight excluding hydrogens is 241 g/mol. The molecule has 1 unspecified atom stereocenters. The lowest BCUT2D eigenvalue weighted by Crippen LogP contribution is -2.27. The lowest BCUT2D eigenvalue weighted by Gasteiger charge is -2.16. The van der Waals surface area contributed by atoms with Gasteiger partial charge in [0.2, 0.25) is 0 Å². The largest absolute Gasteiger partial charge is 0.317 e. The summed E-state index contributed by atoms with van der Waals surface area (Å²) >= 11 is 12.1. The highest BCUT2D eigenvalue weighted by atomic mass is 35.5. The predicted molar refractivity (Wildman–Crippen MR) is 72.5 cm³/mol. The molecule has 1 N–H and O–H groups in total. The summed E-state index contributed by atoms with van der Waals surface area (Å²) in [4.78, 5) is 0. The fourth-order valence-corrected chi connectivity index (χ4v) is 2.15. The van der Waals surface area contributed by atoms with Crippen LogP contribution in [0.4, 0.5) is 0 Å². The van der Waals surface area contributed by atoms with Crippen molar-refractivity contribution in [2.24, 2.45) is 0 Å². The molecule has 0 bridgehead atoms. The maximum atomic E-state index is 6.14. The summed E-state index contributed by atoms with van der Waals surface area (Å²) < 4.78 is 0. The van der Waals surface area contributed by atoms with Gasteiger partial charge in [0.25, 0.3) is 0 Å². The Morgan fingerprint density at radius 2 is 2.06 bits per heavy atom. The molecule has 0 radical (unpaired) electrons. The number of benzene rings is 1. The molecule has 16 heavy (non-hydrogen) atoms. The van der Waals surface area contributed by atoms with Crippen molar-refractivity contribution >= 4 is 23.2 Å². The third-order valence-corrected chi connectivity index (χ3v) is 3.39. The molecule has 0 aromatic heterocycles. The number of likely N-dealkylation sites (N-methyl/N-ethyl adjacent to an activating group) is 1. The van der Waals surface area contributed by atoms with Gasteiger partial charge in [-0.2, -0.15) is 0 Å². The van der Waals surface area contributed by atoms with Crippen molar-refractivity contribution in [3.05, 3.63) is 33.8 Å². The second-order valence-electron chi connectivity index (χ2n) is 4.07. The van der Waals surface area contributed by atoms with Gasteiger partial charge in [-0.25, -0.2) is 0 Å². The SMILES string of the molecule is CCCCC(Cc1cc(Cl)ccc1Cl)NC. The first-order valence-corrected chi connectivity index (χ1v) is 6.54. The first kappa shape index (κ1) is 13.8. The van der Waals surface area contributed by atoms with Crippen LogP contribution < -0.4 is 5.32 Å². The smallest absolute Gasteiger partial charge is 0.0439 e. The topological polar surface area (TPSA) is 12.0 Å². The van der Waals surface area contributed by atoms with E-state index < -0.39 is 0 Å². The Balaban J connectivity index is 2.65. The van der Waals surface area contributed by atoms with Crippen molar-refractivity contribution in [1.29, 1.82) is 0 Å². The lowest BCUT2D eigenvalue weighted by atomic mass is 10.0. The van der Waals surface area contributed by atoms with Gasteiger partial charge in [0.1, 0.15) is 0 Å². The highest BCUT2D eigenvalue weighted by molar-refractivity contribution is 6.33. The van der Waals surface area contributed by atoms with Gasteiger partial charge in [-0.1, -0.05) is 43.0 Å². The van der Waals surface area contributed by atoms with Crippen molar-refractivity contribution in [1.82, 2.24) is 5.32 Å². The van der Waals surface area contributed by atoms with E-state index in [2.05, 4.69) is 12.2 Å². The number of hydrogen-bond donors (Lipinski definition) is 1. The summed E-state index contributed by atoms with van der Waals surface area (Å²) in [6.07, 6.45) is 4.58. The first-order valence-electron chi connectivity index (χ1n) is 5.78. The van der Waals surface area contributed by atoms with Crippen molar-refractivity contribution in [2.75, 3.05) is 7.05 Å². The molecule has 1 nitrogen and oxygen atoms in total. The zero-order chi connectivity index (χ0) is 12.0. The third-order valence-electron chi connectivity index (χ3n) is 2.79. The molecule has 1 atom stereocenters. The van der Waals surface area contributed by atoms with Crippen LogP contribution in [0.1, 0.15) is 31.7 Å². The molecule has 1 aromatic carbocycles. The van der Waals surface area contributed by atoms with Crippen LogP contribution in [0, 0.1) is 0 Å². The summed E-state index contributed by atoms with van der Waals surface area (Å²) in [6, 6.07) is 6.13. The third kappa shape index (κ3) is 4.32. The maximum absolute atomic E-state index is 6.14. The fourth-order valence-electron chi connectivity index (χ4n) is 1.76. The Labute approximate surface area is 108 Å². The monoisotopic (exact) mass is 259 g/mol. The molecule has 90 valence electrons. The van der Waals surface area contributed by atoms with Crippen molar-refractivity contribution in [3.63, 3.8) is 0 Å². The van der Waals surface area contributed by atoms with E-state index in [1.807, 2.05) is 25.2 Å². The summed E-state index contributed by atoms with van der Waals surface area (Å²) in [6.45, 7) is 2.21. The van der Waals surface area contributed by atoms with Crippen molar-refractivity contribution < 1.29 is 0 Å². The average Bonchev–Trinajstić information content (AvgIpc) is 2.28. The van der Waals surface area contributed by atoms with Gasteiger partial charge in [-0.05, 0) is 43.7 Å². The normalized spacial score (nSPS) is 12.8. The van der Waals surface area contributed by atoms with Gasteiger partial charge in [-0.15, -0.1) is 0 Å². The van der Waals surface area contributed by atoms with Crippen LogP contribution >= 0.6 is 23.2 Å². The van der Waals surface area contributed by atoms with Crippen LogP contribution in [0.15, 0.2) is 18.2 Å². The van der Waals surface area contributed by atoms with Crippen LogP contribution in [0.25, 0.3) is 0 Å². The van der Waals surface area contributed by atoms with E-state index in [-0.39, 0.29) is 0 Å². The number of hydrogen-bond acceptors (Lipinski definition) is 1. The van der Waals surface area contributed by atoms with Crippen molar-refractivity contribution in [3.8, 4) is 0 Å². The van der Waals surface area contributed by atoms with E-state index in [0.717, 1.165) is 22.0 Å². The van der Waals surface area contributed by atoms with E-state index in [1.54, 1.807) is 0 Å². The highest BCUT2D eigenvalue weighted by Crippen LogP contribution is 2.22. The van der Waals surface area contributed by atoms with Crippen LogP contribution in [-0.2, 0) is 6.42 Å². The van der Waals surface area contributed by atoms with E-state index in [1.165, 1.54) is 19.3 Å². The van der Waals surface area contributed by atoms with E-state index in [0.29, 0.717) is 6.04 Å². The molecule has 0 aliphatic carbocycles. The summed E-state index contributed by atoms with van der Waals surface area (Å²) in [5, 5.41) is 4.89. The lowest BCUT2D eigenvalue weighted by molar-refractivity contribution is 0.498. The molecule has 0 saturated heterocycles. The van der Waals surface area contributed by atoms with Gasteiger partial charge >= 0.3 is 0 Å². The van der Waals surface area contributed by atoms with Gasteiger partial charge in [0.05, 0.1) is 0 Å². The second kappa shape index (κ2) is 7.16. The molecule has 0 fully saturated rings. The zero-order valence-electron chi connectivity index (χ0n) is 9.89. The summed E-state index contributed by atoms with van der Waals surface area (Å²) in [5.74, 6) is 0. The van der Waals surface area contributed by atoms with Crippen LogP contribution in [0.2, 0.25) is 10.0 Å². The Morgan fingerprint density at radius 3 is 2.69 bits per heavy atom. The van der Waals surface area contributed by atoms with Crippen LogP contribution in [0.5, 0.6) is 0 Å². The molecule has 0 spiro atoms. The van der Waals surface area contributed by atoms with E-state index >= 15 is 0 Å². The molecule has 0 amide bonds. The first-order chi connectivity index (χ1) is 7.67. The Morgan fingerprint density at radius 1 is 1.31 bits per heavy atom. The number of halogens is 2. The minimum absolute atomic E-state index is 0.482. The van der Waals surface area contributed by atoms with Crippen LogP contribution in [-0.4, -0.2) is 13.1 Å². The standard InChI is InChI=1S/C13H19Cl2N/c1-3-4-5-12(16-2)9-10-8-11(14)6-7-13(10)15/h6-8,12,16H,3-5,9H2,1-2H3. The molecule has 1 rings (SSSR count). The fraction of sp³-hybridized carbons (Fsp3) is 0.538. The predicted octanol–water partition coefficient (Wildman–Crippen LogP) is 4.31. The van der Waals surface area contributed by atoms with Gasteiger partial charge in [0.15, 0.2) is 0 Å². The van der Waals surface area contributed by atoms with Gasteiger partial charge < -0.3 is 5.32 Å². The minimum Gasteiger partial charge on any atom is -0.317 e. The quantitative estimate of drug-likeness (QED) is 0.803.